The highest BCUT2D eigenvalue weighted by Crippen LogP contribution is 2.42. The smallest absolute Gasteiger partial charge is 0.291 e. The first-order valence-electron chi connectivity index (χ1n) is 6.96. The Morgan fingerprint density at radius 3 is 3.00 bits per heavy atom. The molecule has 5 nitrogen and oxygen atoms in total. The van der Waals surface area contributed by atoms with Crippen LogP contribution in [0, 0.1) is 5.92 Å². The second-order valence-corrected chi connectivity index (χ2v) is 6.51. The second-order valence-electron chi connectivity index (χ2n) is 5.62. The summed E-state index contributed by atoms with van der Waals surface area (Å²) >= 11 is 1.57. The maximum Gasteiger partial charge on any atom is 0.291 e. The molecule has 3 saturated heterocycles. The van der Waals surface area contributed by atoms with Crippen molar-refractivity contribution < 1.29 is 4.74 Å². The van der Waals surface area contributed by atoms with E-state index in [1.165, 1.54) is 25.9 Å². The van der Waals surface area contributed by atoms with Gasteiger partial charge in [0.05, 0.1) is 0 Å². The molecule has 3 fully saturated rings. The molecule has 5 rings (SSSR count). The molecule has 4 aliphatic rings. The number of fused-ring (bicyclic) bond motifs is 2. The summed E-state index contributed by atoms with van der Waals surface area (Å²) in [6, 6.07) is 0.662. The number of anilines is 1. The first-order valence-corrected chi connectivity index (χ1v) is 7.84. The number of ether oxygens (including phenoxy) is 1. The third kappa shape index (κ3) is 2.03. The predicted octanol–water partition coefficient (Wildman–Crippen LogP) is 1.80. The number of hydrogen-bond acceptors (Lipinski definition) is 6. The first kappa shape index (κ1) is 11.7. The topological polar surface area (TPSA) is 49.8 Å². The Labute approximate surface area is 116 Å². The predicted molar refractivity (Wildman–Crippen MR) is 75.6 cm³/mol. The third-order valence-electron chi connectivity index (χ3n) is 4.56. The first-order chi connectivity index (χ1) is 9.34. The van der Waals surface area contributed by atoms with Crippen LogP contribution in [0.15, 0.2) is 16.6 Å². The molecule has 1 spiro atoms. The zero-order valence-corrected chi connectivity index (χ0v) is 11.7. The van der Waals surface area contributed by atoms with Crippen LogP contribution in [-0.2, 0) is 4.74 Å². The molecule has 4 aliphatic heterocycles. The molecule has 1 atom stereocenters. The van der Waals surface area contributed by atoms with E-state index in [0.29, 0.717) is 11.9 Å². The summed E-state index contributed by atoms with van der Waals surface area (Å²) in [5.41, 5.74) is -0.00214. The number of rotatable bonds is 1. The maximum atomic E-state index is 6.29. The lowest BCUT2D eigenvalue weighted by molar-refractivity contribution is -0.109. The van der Waals surface area contributed by atoms with Crippen molar-refractivity contribution in [3.63, 3.8) is 0 Å². The van der Waals surface area contributed by atoms with E-state index in [9.17, 15) is 0 Å². The lowest BCUT2D eigenvalue weighted by atomic mass is 9.73. The number of thiazole rings is 1. The van der Waals surface area contributed by atoms with E-state index in [2.05, 4.69) is 20.2 Å². The SMILES string of the molecule is c1csc(NC2=NCCC3(CN4CCC3CC4)O2)n1. The summed E-state index contributed by atoms with van der Waals surface area (Å²) in [6.07, 6.45) is 5.38. The molecule has 0 radical (unpaired) electrons. The van der Waals surface area contributed by atoms with E-state index >= 15 is 0 Å². The summed E-state index contributed by atoms with van der Waals surface area (Å²) in [5.74, 6) is 0.695. The Morgan fingerprint density at radius 1 is 1.42 bits per heavy atom. The lowest BCUT2D eigenvalue weighted by Crippen LogP contribution is -2.62. The lowest BCUT2D eigenvalue weighted by Gasteiger charge is -2.53. The van der Waals surface area contributed by atoms with Crippen LogP contribution in [0.4, 0.5) is 5.13 Å². The normalized spacial score (nSPS) is 36.9. The van der Waals surface area contributed by atoms with Gasteiger partial charge in [-0.2, -0.15) is 0 Å². The zero-order valence-electron chi connectivity index (χ0n) is 10.8. The van der Waals surface area contributed by atoms with E-state index in [1.807, 2.05) is 5.38 Å². The summed E-state index contributed by atoms with van der Waals surface area (Å²) in [6.45, 7) is 4.40. The molecule has 0 saturated carbocycles. The minimum atomic E-state index is -0.00214. The Balaban J connectivity index is 1.52. The van der Waals surface area contributed by atoms with Crippen LogP contribution in [0.3, 0.4) is 0 Å². The fourth-order valence-corrected chi connectivity index (χ4v) is 4.11. The number of piperidine rings is 3. The number of nitrogens with zero attached hydrogens (tertiary/aromatic N) is 3. The van der Waals surface area contributed by atoms with Crippen LogP contribution < -0.4 is 5.32 Å². The number of aliphatic imine (C=N–C) groups is 1. The van der Waals surface area contributed by atoms with Crippen LogP contribution in [0.5, 0.6) is 0 Å². The highest BCUT2D eigenvalue weighted by molar-refractivity contribution is 7.13. The van der Waals surface area contributed by atoms with Crippen molar-refractivity contribution >= 4 is 22.5 Å². The average molecular weight is 278 g/mol. The minimum absolute atomic E-state index is 0.00214. The molecule has 19 heavy (non-hydrogen) atoms. The summed E-state index contributed by atoms with van der Waals surface area (Å²) in [7, 11) is 0. The van der Waals surface area contributed by atoms with Crippen LogP contribution in [0.1, 0.15) is 19.3 Å². The van der Waals surface area contributed by atoms with Gasteiger partial charge in [0.2, 0.25) is 0 Å². The number of amidine groups is 1. The maximum absolute atomic E-state index is 6.29. The molecule has 6 heteroatoms. The summed E-state index contributed by atoms with van der Waals surface area (Å²) in [5, 5.41) is 6.02. The van der Waals surface area contributed by atoms with Gasteiger partial charge in [-0.05, 0) is 25.9 Å². The number of aromatic nitrogens is 1. The van der Waals surface area contributed by atoms with Crippen molar-refractivity contribution in [3.8, 4) is 0 Å². The van der Waals surface area contributed by atoms with Crippen molar-refractivity contribution in [2.45, 2.75) is 24.9 Å². The minimum Gasteiger partial charge on any atom is -0.457 e. The van der Waals surface area contributed by atoms with Gasteiger partial charge in [0.25, 0.3) is 6.02 Å². The molecular weight excluding hydrogens is 260 g/mol. The van der Waals surface area contributed by atoms with Crippen molar-refractivity contribution in [3.05, 3.63) is 11.6 Å². The van der Waals surface area contributed by atoms with Gasteiger partial charge in [0, 0.05) is 37.0 Å². The molecular formula is C13H18N4OS. The highest BCUT2D eigenvalue weighted by Gasteiger charge is 2.50. The van der Waals surface area contributed by atoms with Gasteiger partial charge in [0.1, 0.15) is 5.60 Å². The quantitative estimate of drug-likeness (QED) is 0.851. The molecule has 0 amide bonds. The van der Waals surface area contributed by atoms with Crippen molar-refractivity contribution in [1.82, 2.24) is 9.88 Å². The van der Waals surface area contributed by atoms with Gasteiger partial charge < -0.3 is 4.74 Å². The molecule has 1 aromatic rings. The van der Waals surface area contributed by atoms with Gasteiger partial charge >= 0.3 is 0 Å². The van der Waals surface area contributed by atoms with Gasteiger partial charge in [-0.1, -0.05) is 0 Å². The van der Waals surface area contributed by atoms with E-state index in [1.54, 1.807) is 17.5 Å². The van der Waals surface area contributed by atoms with Crippen molar-refractivity contribution in [2.24, 2.45) is 10.9 Å². The van der Waals surface area contributed by atoms with Crippen LogP contribution in [0.25, 0.3) is 0 Å². The van der Waals surface area contributed by atoms with E-state index in [4.69, 9.17) is 4.74 Å². The Hall–Kier alpha value is -1.14. The monoisotopic (exact) mass is 278 g/mol. The standard InChI is InChI=1S/C13H18N4OS/c1-6-17-7-2-10(1)13(9-17)3-4-14-11(18-13)16-12-15-5-8-19-12/h5,8,10H,1-4,6-7,9H2,(H,14,15,16). The molecule has 1 N–H and O–H groups in total. The molecule has 5 heterocycles. The van der Waals surface area contributed by atoms with E-state index < -0.39 is 0 Å². The fourth-order valence-electron chi connectivity index (χ4n) is 3.59. The van der Waals surface area contributed by atoms with Crippen LogP contribution >= 0.6 is 11.3 Å². The van der Waals surface area contributed by atoms with Crippen LogP contribution in [-0.4, -0.2) is 47.7 Å². The Morgan fingerprint density at radius 2 is 2.32 bits per heavy atom. The number of hydrogen-bond donors (Lipinski definition) is 1. The van der Waals surface area contributed by atoms with Gasteiger partial charge in [-0.3, -0.25) is 10.2 Å². The molecule has 1 unspecified atom stereocenters. The van der Waals surface area contributed by atoms with E-state index in [0.717, 1.165) is 24.6 Å². The Bertz CT molecular complexity index is 481. The van der Waals surface area contributed by atoms with Crippen LogP contribution in [0.2, 0.25) is 0 Å². The zero-order chi connectivity index (χ0) is 12.7. The van der Waals surface area contributed by atoms with Gasteiger partial charge in [-0.15, -0.1) is 11.3 Å². The highest BCUT2D eigenvalue weighted by atomic mass is 32.1. The van der Waals surface area contributed by atoms with Gasteiger partial charge in [0.15, 0.2) is 5.13 Å². The largest absolute Gasteiger partial charge is 0.457 e. The molecule has 0 aromatic carbocycles. The third-order valence-corrected chi connectivity index (χ3v) is 5.25. The van der Waals surface area contributed by atoms with Crippen molar-refractivity contribution in [1.29, 1.82) is 0 Å². The molecule has 2 bridgehead atoms. The number of nitrogens with one attached hydrogen (secondary N) is 1. The molecule has 1 aromatic heterocycles. The Kier molecular flexibility index (Phi) is 2.73. The molecule has 0 aliphatic carbocycles. The summed E-state index contributed by atoms with van der Waals surface area (Å²) < 4.78 is 6.29. The molecule has 102 valence electrons. The van der Waals surface area contributed by atoms with Crippen molar-refractivity contribution in [2.75, 3.05) is 31.5 Å². The van der Waals surface area contributed by atoms with Gasteiger partial charge in [-0.25, -0.2) is 9.98 Å². The van der Waals surface area contributed by atoms with E-state index in [-0.39, 0.29) is 5.60 Å². The average Bonchev–Trinajstić information content (AvgIpc) is 2.93. The fraction of sp³-hybridized carbons (Fsp3) is 0.692. The summed E-state index contributed by atoms with van der Waals surface area (Å²) in [4.78, 5) is 11.2. The second kappa shape index (κ2) is 4.45.